The van der Waals surface area contributed by atoms with Crippen LogP contribution in [-0.2, 0) is 16.2 Å². The Morgan fingerprint density at radius 2 is 2.06 bits per heavy atom. The number of aliphatic hydroxyl groups is 1. The van der Waals surface area contributed by atoms with E-state index in [1.165, 1.54) is 0 Å². The first kappa shape index (κ1) is 13.1. The maximum absolute atomic E-state index is 9.49. The molecular formula is C12H19NO3. The van der Waals surface area contributed by atoms with Crippen molar-refractivity contribution in [2.75, 3.05) is 19.8 Å². The van der Waals surface area contributed by atoms with Gasteiger partial charge in [-0.2, -0.15) is 5.48 Å². The molecule has 0 amide bonds. The second kappa shape index (κ2) is 8.24. The Morgan fingerprint density at radius 1 is 1.31 bits per heavy atom. The SMILES string of the molecule is CCONCC(O)COCc1ccccc1. The summed E-state index contributed by atoms with van der Waals surface area (Å²) in [7, 11) is 0. The van der Waals surface area contributed by atoms with Gasteiger partial charge in [0.1, 0.15) is 0 Å². The molecule has 0 aliphatic rings. The van der Waals surface area contributed by atoms with Gasteiger partial charge in [-0.05, 0) is 12.5 Å². The summed E-state index contributed by atoms with van der Waals surface area (Å²) >= 11 is 0. The quantitative estimate of drug-likeness (QED) is 0.514. The van der Waals surface area contributed by atoms with Crippen LogP contribution in [0.4, 0.5) is 0 Å². The molecule has 4 nitrogen and oxygen atoms in total. The molecule has 1 rings (SSSR count). The molecule has 0 saturated carbocycles. The highest BCUT2D eigenvalue weighted by atomic mass is 16.6. The lowest BCUT2D eigenvalue weighted by atomic mass is 10.2. The molecule has 0 heterocycles. The monoisotopic (exact) mass is 225 g/mol. The maximum atomic E-state index is 9.49. The Bertz CT molecular complexity index is 266. The molecule has 2 N–H and O–H groups in total. The molecule has 1 atom stereocenters. The van der Waals surface area contributed by atoms with Crippen molar-refractivity contribution in [1.82, 2.24) is 5.48 Å². The van der Waals surface area contributed by atoms with Crippen molar-refractivity contribution in [3.05, 3.63) is 35.9 Å². The smallest absolute Gasteiger partial charge is 0.0921 e. The summed E-state index contributed by atoms with van der Waals surface area (Å²) in [5.74, 6) is 0. The van der Waals surface area contributed by atoms with Gasteiger partial charge in [0, 0.05) is 6.54 Å². The van der Waals surface area contributed by atoms with E-state index in [1.54, 1.807) is 0 Å². The fraction of sp³-hybridized carbons (Fsp3) is 0.500. The second-order valence-corrected chi connectivity index (χ2v) is 3.44. The molecule has 4 heteroatoms. The van der Waals surface area contributed by atoms with Crippen molar-refractivity contribution in [3.8, 4) is 0 Å². The predicted octanol–water partition coefficient (Wildman–Crippen LogP) is 1.11. The van der Waals surface area contributed by atoms with Gasteiger partial charge in [0.25, 0.3) is 0 Å². The van der Waals surface area contributed by atoms with Gasteiger partial charge in [-0.1, -0.05) is 30.3 Å². The highest BCUT2D eigenvalue weighted by molar-refractivity contribution is 5.13. The number of nitrogens with one attached hydrogen (secondary N) is 1. The van der Waals surface area contributed by atoms with Crippen LogP contribution in [0, 0.1) is 0 Å². The topological polar surface area (TPSA) is 50.7 Å². The van der Waals surface area contributed by atoms with E-state index in [2.05, 4.69) is 5.48 Å². The third kappa shape index (κ3) is 5.82. The molecule has 0 aliphatic carbocycles. The van der Waals surface area contributed by atoms with Crippen LogP contribution in [0.15, 0.2) is 30.3 Å². The molecule has 0 aromatic heterocycles. The van der Waals surface area contributed by atoms with E-state index in [9.17, 15) is 5.11 Å². The summed E-state index contributed by atoms with van der Waals surface area (Å²) < 4.78 is 5.37. The van der Waals surface area contributed by atoms with E-state index < -0.39 is 6.10 Å². The van der Waals surface area contributed by atoms with Gasteiger partial charge >= 0.3 is 0 Å². The lowest BCUT2D eigenvalue weighted by Crippen LogP contribution is -2.30. The summed E-state index contributed by atoms with van der Waals surface area (Å²) in [4.78, 5) is 4.90. The van der Waals surface area contributed by atoms with Gasteiger partial charge in [-0.15, -0.1) is 0 Å². The largest absolute Gasteiger partial charge is 0.389 e. The van der Waals surface area contributed by atoms with Crippen molar-refractivity contribution < 1.29 is 14.7 Å². The van der Waals surface area contributed by atoms with E-state index in [-0.39, 0.29) is 0 Å². The number of hydroxylamine groups is 1. The van der Waals surface area contributed by atoms with Crippen LogP contribution in [0.3, 0.4) is 0 Å². The molecule has 16 heavy (non-hydrogen) atoms. The zero-order valence-electron chi connectivity index (χ0n) is 9.56. The number of ether oxygens (including phenoxy) is 1. The first-order valence-corrected chi connectivity index (χ1v) is 5.47. The van der Waals surface area contributed by atoms with Gasteiger partial charge in [-0.3, -0.25) is 0 Å². The molecule has 1 unspecified atom stereocenters. The lowest BCUT2D eigenvalue weighted by Gasteiger charge is -2.11. The predicted molar refractivity (Wildman–Crippen MR) is 61.7 cm³/mol. The average molecular weight is 225 g/mol. The minimum Gasteiger partial charge on any atom is -0.389 e. The summed E-state index contributed by atoms with van der Waals surface area (Å²) in [6.45, 7) is 3.66. The average Bonchev–Trinajstić information content (AvgIpc) is 2.31. The number of aliphatic hydroxyl groups excluding tert-OH is 1. The maximum Gasteiger partial charge on any atom is 0.0921 e. The number of hydrogen-bond acceptors (Lipinski definition) is 4. The van der Waals surface area contributed by atoms with Gasteiger partial charge in [-0.25, -0.2) is 0 Å². The van der Waals surface area contributed by atoms with Crippen LogP contribution in [0.5, 0.6) is 0 Å². The van der Waals surface area contributed by atoms with Gasteiger partial charge in [0.2, 0.25) is 0 Å². The van der Waals surface area contributed by atoms with Crippen molar-refractivity contribution >= 4 is 0 Å². The normalized spacial score (nSPS) is 12.6. The van der Waals surface area contributed by atoms with Crippen LogP contribution < -0.4 is 5.48 Å². The third-order valence-corrected chi connectivity index (χ3v) is 1.99. The molecule has 1 aromatic carbocycles. The highest BCUT2D eigenvalue weighted by Crippen LogP contribution is 2.00. The fourth-order valence-electron chi connectivity index (χ4n) is 1.20. The molecular weight excluding hydrogens is 206 g/mol. The minimum absolute atomic E-state index is 0.301. The van der Waals surface area contributed by atoms with E-state index in [1.807, 2.05) is 37.3 Å². The van der Waals surface area contributed by atoms with Crippen LogP contribution >= 0.6 is 0 Å². The number of hydrogen-bond donors (Lipinski definition) is 2. The first-order valence-electron chi connectivity index (χ1n) is 5.47. The summed E-state index contributed by atoms with van der Waals surface area (Å²) in [6, 6.07) is 9.87. The summed E-state index contributed by atoms with van der Waals surface area (Å²) in [5, 5.41) is 9.49. The van der Waals surface area contributed by atoms with E-state index in [0.29, 0.717) is 26.4 Å². The van der Waals surface area contributed by atoms with Gasteiger partial charge in [0.15, 0.2) is 0 Å². The zero-order chi connectivity index (χ0) is 11.6. The van der Waals surface area contributed by atoms with Crippen molar-refractivity contribution in [2.24, 2.45) is 0 Å². The fourth-order valence-corrected chi connectivity index (χ4v) is 1.20. The molecule has 90 valence electrons. The lowest BCUT2D eigenvalue weighted by molar-refractivity contribution is -0.0147. The summed E-state index contributed by atoms with van der Waals surface area (Å²) in [6.07, 6.45) is -0.546. The number of benzene rings is 1. The Hall–Kier alpha value is -0.940. The summed E-state index contributed by atoms with van der Waals surface area (Å²) in [5.41, 5.74) is 3.76. The molecule has 0 fully saturated rings. The standard InChI is InChI=1S/C12H19NO3/c1-2-16-13-8-12(14)10-15-9-11-6-4-3-5-7-11/h3-7,12-14H,2,8-10H2,1H3. The Balaban J connectivity index is 2.06. The minimum atomic E-state index is -0.546. The molecule has 0 bridgehead atoms. The molecule has 0 radical (unpaired) electrons. The van der Waals surface area contributed by atoms with Crippen LogP contribution in [-0.4, -0.2) is 31.0 Å². The van der Waals surface area contributed by atoms with E-state index in [0.717, 1.165) is 5.56 Å². The molecule has 0 saturated heterocycles. The first-order chi connectivity index (χ1) is 7.83. The molecule has 0 spiro atoms. The molecule has 1 aromatic rings. The third-order valence-electron chi connectivity index (χ3n) is 1.99. The van der Waals surface area contributed by atoms with Crippen molar-refractivity contribution in [2.45, 2.75) is 19.6 Å². The van der Waals surface area contributed by atoms with Crippen molar-refractivity contribution in [3.63, 3.8) is 0 Å². The number of rotatable bonds is 8. The van der Waals surface area contributed by atoms with Gasteiger partial charge in [0.05, 0.1) is 25.9 Å². The zero-order valence-corrected chi connectivity index (χ0v) is 9.56. The Labute approximate surface area is 96.1 Å². The second-order valence-electron chi connectivity index (χ2n) is 3.44. The van der Waals surface area contributed by atoms with E-state index >= 15 is 0 Å². The van der Waals surface area contributed by atoms with Crippen LogP contribution in [0.2, 0.25) is 0 Å². The Morgan fingerprint density at radius 3 is 2.75 bits per heavy atom. The van der Waals surface area contributed by atoms with Gasteiger partial charge < -0.3 is 14.7 Å². The van der Waals surface area contributed by atoms with Crippen molar-refractivity contribution in [1.29, 1.82) is 0 Å². The Kier molecular flexibility index (Phi) is 6.76. The molecule has 0 aliphatic heterocycles. The van der Waals surface area contributed by atoms with Crippen LogP contribution in [0.1, 0.15) is 12.5 Å². The highest BCUT2D eigenvalue weighted by Gasteiger charge is 2.03. The van der Waals surface area contributed by atoms with E-state index in [4.69, 9.17) is 9.57 Å². The van der Waals surface area contributed by atoms with Crippen LogP contribution in [0.25, 0.3) is 0 Å².